The molecule has 2 aromatic carbocycles. The molecule has 23 heavy (non-hydrogen) atoms. The number of fused-ring (bicyclic) bond motifs is 1. The van der Waals surface area contributed by atoms with Crippen LogP contribution in [0.1, 0.15) is 35.4 Å². The van der Waals surface area contributed by atoms with Crippen LogP contribution < -0.4 is 5.32 Å². The number of benzene rings is 2. The van der Waals surface area contributed by atoms with Crippen molar-refractivity contribution in [3.63, 3.8) is 0 Å². The number of para-hydroxylation sites is 2. The predicted molar refractivity (Wildman–Crippen MR) is 91.5 cm³/mol. The third kappa shape index (κ3) is 3.48. The molecule has 1 amide bonds. The van der Waals surface area contributed by atoms with Crippen molar-refractivity contribution < 1.29 is 4.79 Å². The molecule has 0 aliphatic carbocycles. The van der Waals surface area contributed by atoms with Gasteiger partial charge in [0.05, 0.1) is 23.3 Å². The van der Waals surface area contributed by atoms with E-state index in [0.29, 0.717) is 16.2 Å². The average Bonchev–Trinajstić information content (AvgIpc) is 2.59. The van der Waals surface area contributed by atoms with Gasteiger partial charge in [-0.15, -0.1) is 0 Å². The molecule has 0 saturated heterocycles. The molecule has 1 N–H and O–H groups in total. The van der Waals surface area contributed by atoms with E-state index in [0.717, 1.165) is 17.5 Å². The molecule has 5 heteroatoms. The number of carbonyl (C=O) groups excluding carboxylic acids is 1. The number of amides is 1. The van der Waals surface area contributed by atoms with Crippen LogP contribution in [0.2, 0.25) is 5.02 Å². The van der Waals surface area contributed by atoms with Crippen LogP contribution in [-0.2, 0) is 0 Å². The highest BCUT2D eigenvalue weighted by Crippen LogP contribution is 2.20. The van der Waals surface area contributed by atoms with Gasteiger partial charge in [0.1, 0.15) is 5.69 Å². The first-order chi connectivity index (χ1) is 11.2. The lowest BCUT2D eigenvalue weighted by atomic mass is 10.0. The Morgan fingerprint density at radius 2 is 1.96 bits per heavy atom. The number of hydrogen-bond acceptors (Lipinski definition) is 3. The quantitative estimate of drug-likeness (QED) is 0.783. The molecular formula is C18H16ClN3O. The highest BCUT2D eigenvalue weighted by Gasteiger charge is 2.16. The lowest BCUT2D eigenvalue weighted by molar-refractivity contribution is 0.0930. The van der Waals surface area contributed by atoms with Gasteiger partial charge < -0.3 is 5.32 Å². The zero-order chi connectivity index (χ0) is 16.2. The normalized spacial score (nSPS) is 12.1. The van der Waals surface area contributed by atoms with Crippen LogP contribution in [-0.4, -0.2) is 15.9 Å². The minimum atomic E-state index is -0.241. The zero-order valence-electron chi connectivity index (χ0n) is 12.7. The number of nitrogens with zero attached hydrogens (tertiary/aromatic N) is 2. The first-order valence-electron chi connectivity index (χ1n) is 7.45. The number of nitrogens with one attached hydrogen (secondary N) is 1. The van der Waals surface area contributed by atoms with Crippen LogP contribution >= 0.6 is 11.6 Å². The molecule has 116 valence electrons. The number of halogens is 1. The van der Waals surface area contributed by atoms with E-state index in [9.17, 15) is 4.79 Å². The van der Waals surface area contributed by atoms with Gasteiger partial charge >= 0.3 is 0 Å². The third-order valence-electron chi connectivity index (χ3n) is 3.65. The molecule has 3 rings (SSSR count). The van der Waals surface area contributed by atoms with Gasteiger partial charge in [0.25, 0.3) is 5.91 Å². The summed E-state index contributed by atoms with van der Waals surface area (Å²) in [4.78, 5) is 21.1. The van der Waals surface area contributed by atoms with Crippen LogP contribution in [0.5, 0.6) is 0 Å². The highest BCUT2D eigenvalue weighted by atomic mass is 35.5. The molecular weight excluding hydrogens is 310 g/mol. The fourth-order valence-corrected chi connectivity index (χ4v) is 2.64. The Morgan fingerprint density at radius 1 is 1.17 bits per heavy atom. The minimum Gasteiger partial charge on any atom is -0.344 e. The minimum absolute atomic E-state index is 0.116. The van der Waals surface area contributed by atoms with Crippen LogP contribution in [0.4, 0.5) is 0 Å². The first-order valence-corrected chi connectivity index (χ1v) is 7.83. The maximum atomic E-state index is 12.5. The summed E-state index contributed by atoms with van der Waals surface area (Å²) in [7, 11) is 0. The summed E-state index contributed by atoms with van der Waals surface area (Å²) in [6, 6.07) is 14.9. The summed E-state index contributed by atoms with van der Waals surface area (Å²) >= 11 is 6.03. The summed E-state index contributed by atoms with van der Waals surface area (Å²) in [5.74, 6) is -0.241. The van der Waals surface area contributed by atoms with Crippen molar-refractivity contribution in [3.05, 3.63) is 71.0 Å². The van der Waals surface area contributed by atoms with E-state index in [1.807, 2.05) is 55.5 Å². The Labute approximate surface area is 139 Å². The maximum absolute atomic E-state index is 12.5. The van der Waals surface area contributed by atoms with Gasteiger partial charge in [0, 0.05) is 5.02 Å². The zero-order valence-corrected chi connectivity index (χ0v) is 13.4. The standard InChI is InChI=1S/C18H16ClN3O/c1-2-14(12-6-5-7-13(19)10-12)22-18(23)17-11-20-15-8-3-4-9-16(15)21-17/h3-11,14H,2H2,1H3,(H,22,23). The third-order valence-corrected chi connectivity index (χ3v) is 3.88. The van der Waals surface area contributed by atoms with Crippen molar-refractivity contribution in [1.29, 1.82) is 0 Å². The van der Waals surface area contributed by atoms with Gasteiger partial charge in [-0.05, 0) is 36.2 Å². The number of hydrogen-bond donors (Lipinski definition) is 1. The Kier molecular flexibility index (Phi) is 4.53. The highest BCUT2D eigenvalue weighted by molar-refractivity contribution is 6.30. The van der Waals surface area contributed by atoms with Gasteiger partial charge in [0.2, 0.25) is 0 Å². The van der Waals surface area contributed by atoms with E-state index < -0.39 is 0 Å². The topological polar surface area (TPSA) is 54.9 Å². The Hall–Kier alpha value is -2.46. The van der Waals surface area contributed by atoms with Crippen molar-refractivity contribution in [2.75, 3.05) is 0 Å². The summed E-state index contributed by atoms with van der Waals surface area (Å²) in [5.41, 5.74) is 2.76. The van der Waals surface area contributed by atoms with Gasteiger partial charge in [-0.25, -0.2) is 4.98 Å². The van der Waals surface area contributed by atoms with Crippen LogP contribution in [0.25, 0.3) is 11.0 Å². The molecule has 1 atom stereocenters. The SMILES string of the molecule is CCC(NC(=O)c1cnc2ccccc2n1)c1cccc(Cl)c1. The van der Waals surface area contributed by atoms with Crippen molar-refractivity contribution in [3.8, 4) is 0 Å². The van der Waals surface area contributed by atoms with E-state index in [1.165, 1.54) is 6.20 Å². The molecule has 0 aliphatic heterocycles. The molecule has 0 saturated carbocycles. The Morgan fingerprint density at radius 3 is 2.70 bits per heavy atom. The average molecular weight is 326 g/mol. The monoisotopic (exact) mass is 325 g/mol. The number of aromatic nitrogens is 2. The lowest BCUT2D eigenvalue weighted by Gasteiger charge is -2.17. The molecule has 0 spiro atoms. The second kappa shape index (κ2) is 6.75. The molecule has 3 aromatic rings. The summed E-state index contributed by atoms with van der Waals surface area (Å²) in [6.07, 6.45) is 2.26. The maximum Gasteiger partial charge on any atom is 0.271 e. The molecule has 4 nitrogen and oxygen atoms in total. The number of carbonyl (C=O) groups is 1. The van der Waals surface area contributed by atoms with Gasteiger partial charge in [-0.3, -0.25) is 9.78 Å². The second-order valence-corrected chi connectivity index (χ2v) is 5.67. The predicted octanol–water partition coefficient (Wildman–Crippen LogP) is 4.16. The van der Waals surface area contributed by atoms with Crippen LogP contribution in [0.3, 0.4) is 0 Å². The van der Waals surface area contributed by atoms with Crippen LogP contribution in [0.15, 0.2) is 54.7 Å². The van der Waals surface area contributed by atoms with E-state index in [4.69, 9.17) is 11.6 Å². The smallest absolute Gasteiger partial charge is 0.271 e. The molecule has 0 fully saturated rings. The van der Waals surface area contributed by atoms with Gasteiger partial charge in [-0.2, -0.15) is 0 Å². The second-order valence-electron chi connectivity index (χ2n) is 5.23. The fraction of sp³-hybridized carbons (Fsp3) is 0.167. The Balaban J connectivity index is 1.83. The van der Waals surface area contributed by atoms with Gasteiger partial charge in [-0.1, -0.05) is 42.8 Å². The summed E-state index contributed by atoms with van der Waals surface area (Å²) in [5, 5.41) is 3.64. The molecule has 0 bridgehead atoms. The molecule has 0 aliphatic rings. The molecule has 1 aromatic heterocycles. The largest absolute Gasteiger partial charge is 0.344 e. The lowest BCUT2D eigenvalue weighted by Crippen LogP contribution is -2.29. The molecule has 1 heterocycles. The van der Waals surface area contributed by atoms with Gasteiger partial charge in [0.15, 0.2) is 0 Å². The first kappa shape index (κ1) is 15.4. The summed E-state index contributed by atoms with van der Waals surface area (Å²) in [6.45, 7) is 2.01. The number of rotatable bonds is 4. The molecule has 1 unspecified atom stereocenters. The van der Waals surface area contributed by atoms with E-state index in [-0.39, 0.29) is 11.9 Å². The Bertz CT molecular complexity index is 850. The van der Waals surface area contributed by atoms with E-state index in [2.05, 4.69) is 15.3 Å². The van der Waals surface area contributed by atoms with E-state index >= 15 is 0 Å². The van der Waals surface area contributed by atoms with E-state index in [1.54, 1.807) is 0 Å². The summed E-state index contributed by atoms with van der Waals surface area (Å²) < 4.78 is 0. The van der Waals surface area contributed by atoms with Crippen molar-refractivity contribution in [2.45, 2.75) is 19.4 Å². The van der Waals surface area contributed by atoms with Crippen molar-refractivity contribution in [1.82, 2.24) is 15.3 Å². The fourth-order valence-electron chi connectivity index (χ4n) is 2.44. The van der Waals surface area contributed by atoms with Crippen LogP contribution in [0, 0.1) is 0 Å². The van der Waals surface area contributed by atoms with Crippen molar-refractivity contribution >= 4 is 28.5 Å². The van der Waals surface area contributed by atoms with Crippen molar-refractivity contribution in [2.24, 2.45) is 0 Å². The molecule has 0 radical (unpaired) electrons.